The van der Waals surface area contributed by atoms with Gasteiger partial charge in [-0.15, -0.1) is 0 Å². The number of carbonyl (C=O) groups excluding carboxylic acids is 2. The van der Waals surface area contributed by atoms with Crippen LogP contribution in [0.5, 0.6) is 0 Å². The Morgan fingerprint density at radius 1 is 1.12 bits per heavy atom. The van der Waals surface area contributed by atoms with Crippen molar-refractivity contribution in [2.75, 3.05) is 6.61 Å². The molecule has 3 N–H and O–H groups in total. The van der Waals surface area contributed by atoms with E-state index in [2.05, 4.69) is 30.9 Å². The molecule has 0 radical (unpaired) electrons. The van der Waals surface area contributed by atoms with Crippen molar-refractivity contribution in [2.45, 2.75) is 89.1 Å². The number of H-pyrrole nitrogens is 1. The molecule has 0 unspecified atom stereocenters. The predicted octanol–water partition coefficient (Wildman–Crippen LogP) is 5.51. The molecular formula is C28H33F5N6O4. The third-order valence-corrected chi connectivity index (χ3v) is 7.85. The van der Waals surface area contributed by atoms with Gasteiger partial charge in [0.1, 0.15) is 17.6 Å². The number of aromatic nitrogens is 4. The summed E-state index contributed by atoms with van der Waals surface area (Å²) < 4.78 is 76.6. The molecule has 2 aromatic heterocycles. The van der Waals surface area contributed by atoms with Crippen molar-refractivity contribution < 1.29 is 40.9 Å². The van der Waals surface area contributed by atoms with Gasteiger partial charge in [0.2, 0.25) is 12.3 Å². The zero-order chi connectivity index (χ0) is 31.1. The Kier molecular flexibility index (Phi) is 8.47. The van der Waals surface area contributed by atoms with Crippen LogP contribution in [-0.4, -0.2) is 56.9 Å². The molecule has 234 valence electrons. The highest BCUT2D eigenvalue weighted by Gasteiger charge is 2.49. The maximum atomic E-state index is 13.5. The fraction of sp³-hybridized carbons (Fsp3) is 0.607. The second kappa shape index (κ2) is 11.8. The number of amides is 2. The van der Waals surface area contributed by atoms with Crippen LogP contribution in [0.15, 0.2) is 22.8 Å². The number of halogens is 5. The first-order chi connectivity index (χ1) is 20.2. The molecule has 0 bridgehead atoms. The summed E-state index contributed by atoms with van der Waals surface area (Å²) in [4.78, 5) is 33.2. The third-order valence-electron chi connectivity index (χ3n) is 7.85. The molecule has 2 fully saturated rings. The maximum Gasteiger partial charge on any atom is 0.416 e. The lowest BCUT2D eigenvalue weighted by molar-refractivity contribution is -0.265. The number of nitrogens with one attached hydrogen (secondary N) is 3. The number of aromatic amines is 1. The Hall–Kier alpha value is -3.62. The lowest BCUT2D eigenvalue weighted by Gasteiger charge is -2.29. The summed E-state index contributed by atoms with van der Waals surface area (Å²) in [7, 11) is 0. The van der Waals surface area contributed by atoms with Crippen molar-refractivity contribution in [3.63, 3.8) is 0 Å². The third kappa shape index (κ3) is 7.13. The predicted molar refractivity (Wildman–Crippen MR) is 142 cm³/mol. The summed E-state index contributed by atoms with van der Waals surface area (Å²) in [5.41, 5.74) is -0.500. The number of hydrogen-bond donors (Lipinski definition) is 3. The highest BCUT2D eigenvalue weighted by molar-refractivity contribution is 5.93. The van der Waals surface area contributed by atoms with Crippen molar-refractivity contribution >= 4 is 22.8 Å². The summed E-state index contributed by atoms with van der Waals surface area (Å²) >= 11 is 0. The molecular weight excluding hydrogens is 579 g/mol. The van der Waals surface area contributed by atoms with E-state index in [1.165, 1.54) is 6.92 Å². The van der Waals surface area contributed by atoms with Gasteiger partial charge in [0.05, 0.1) is 23.7 Å². The molecule has 3 atom stereocenters. The van der Waals surface area contributed by atoms with Crippen molar-refractivity contribution in [3.05, 3.63) is 41.0 Å². The minimum atomic E-state index is -4.67. The van der Waals surface area contributed by atoms with Crippen molar-refractivity contribution in [2.24, 2.45) is 11.8 Å². The minimum Gasteiger partial charge on any atom is -0.364 e. The van der Waals surface area contributed by atoms with E-state index in [-0.39, 0.29) is 29.8 Å². The minimum absolute atomic E-state index is 0.0361. The quantitative estimate of drug-likeness (QED) is 0.217. The molecule has 43 heavy (non-hydrogen) atoms. The largest absolute Gasteiger partial charge is 0.416 e. The van der Waals surface area contributed by atoms with E-state index in [1.54, 1.807) is 18.2 Å². The van der Waals surface area contributed by atoms with E-state index in [0.717, 1.165) is 39.5 Å². The van der Waals surface area contributed by atoms with Gasteiger partial charge in [-0.05, 0) is 68.3 Å². The van der Waals surface area contributed by atoms with Crippen molar-refractivity contribution in [3.8, 4) is 0 Å². The fourth-order valence-electron chi connectivity index (χ4n) is 4.68. The molecule has 2 amide bonds. The second-order valence-corrected chi connectivity index (χ2v) is 11.9. The van der Waals surface area contributed by atoms with Crippen LogP contribution in [0.25, 0.3) is 11.0 Å². The number of alkyl halides is 5. The van der Waals surface area contributed by atoms with E-state index in [0.29, 0.717) is 22.3 Å². The average molecular weight is 613 g/mol. The van der Waals surface area contributed by atoms with Gasteiger partial charge in [-0.3, -0.25) is 9.59 Å². The van der Waals surface area contributed by atoms with E-state index >= 15 is 0 Å². The van der Waals surface area contributed by atoms with E-state index in [1.807, 2.05) is 0 Å². The Bertz CT molecular complexity index is 1460. The van der Waals surface area contributed by atoms with Crippen LogP contribution >= 0.6 is 0 Å². The van der Waals surface area contributed by atoms with E-state index in [4.69, 9.17) is 9.37 Å². The van der Waals surface area contributed by atoms with Crippen molar-refractivity contribution in [1.82, 2.24) is 30.9 Å². The van der Waals surface area contributed by atoms with Gasteiger partial charge in [-0.2, -0.15) is 13.2 Å². The standard InChI is InChI=1S/C28H33F5N6O4/c1-13(24(29)30)10-20(40)37-21(14-4-5-14)16-8-9-17-18(11-16)35-25(34-17)19(12-42-27(2,3)28(31,32)33)36-26(41)23-22(15-6-7-15)38-43-39-23/h8-9,11,13-15,19,21,24H,4-7,10,12H2,1-3H3,(H,34,35)(H,36,41)(H,37,40)/t13-,19+,21-/m1/s1. The fourth-order valence-corrected chi connectivity index (χ4v) is 4.68. The highest BCUT2D eigenvalue weighted by atomic mass is 19.4. The molecule has 2 saturated carbocycles. The maximum absolute atomic E-state index is 13.5. The Balaban J connectivity index is 1.39. The first-order valence-electron chi connectivity index (χ1n) is 14.1. The molecule has 2 aliphatic rings. The summed E-state index contributed by atoms with van der Waals surface area (Å²) in [5, 5.41) is 13.0. The number of fused-ring (bicyclic) bond motifs is 1. The van der Waals surface area contributed by atoms with Crippen LogP contribution in [-0.2, 0) is 9.53 Å². The van der Waals surface area contributed by atoms with E-state index in [9.17, 15) is 31.5 Å². The van der Waals surface area contributed by atoms with Gasteiger partial charge in [-0.25, -0.2) is 18.4 Å². The number of imidazole rings is 1. The Labute approximate surface area is 243 Å². The molecule has 1 aromatic carbocycles. The van der Waals surface area contributed by atoms with Gasteiger partial charge in [0.15, 0.2) is 11.3 Å². The monoisotopic (exact) mass is 612 g/mol. The average Bonchev–Trinajstić information content (AvgIpc) is 3.86. The van der Waals surface area contributed by atoms with E-state index < -0.39 is 54.6 Å². The second-order valence-electron chi connectivity index (χ2n) is 11.9. The van der Waals surface area contributed by atoms with Crippen LogP contribution in [0.4, 0.5) is 22.0 Å². The summed E-state index contributed by atoms with van der Waals surface area (Å²) in [6.07, 6.45) is -4.23. The molecule has 5 rings (SSSR count). The first-order valence-corrected chi connectivity index (χ1v) is 14.1. The number of hydrogen-bond acceptors (Lipinski definition) is 7. The zero-order valence-corrected chi connectivity index (χ0v) is 23.8. The van der Waals surface area contributed by atoms with Gasteiger partial charge in [0, 0.05) is 18.3 Å². The molecule has 0 spiro atoms. The van der Waals surface area contributed by atoms with Gasteiger partial charge < -0.3 is 20.4 Å². The number of benzene rings is 1. The molecule has 3 aromatic rings. The van der Waals surface area contributed by atoms with Crippen molar-refractivity contribution in [1.29, 1.82) is 0 Å². The lowest BCUT2D eigenvalue weighted by Crippen LogP contribution is -2.44. The molecule has 10 nitrogen and oxygen atoms in total. The smallest absolute Gasteiger partial charge is 0.364 e. The SMILES string of the molecule is C[C@H](CC(=O)N[C@@H](c1ccc2[nH]c([C@H](COC(C)(C)C(F)(F)F)NC(=O)c3nonc3C3CC3)nc2c1)C1CC1)C(F)F. The summed E-state index contributed by atoms with van der Waals surface area (Å²) in [6.45, 7) is 2.52. The van der Waals surface area contributed by atoms with Crippen LogP contribution in [0, 0.1) is 11.8 Å². The normalized spacial score (nSPS) is 18.1. The van der Waals surface area contributed by atoms with Crippen LogP contribution < -0.4 is 10.6 Å². The summed E-state index contributed by atoms with van der Waals surface area (Å²) in [5.74, 6) is -1.94. The zero-order valence-electron chi connectivity index (χ0n) is 23.8. The Morgan fingerprint density at radius 3 is 2.47 bits per heavy atom. The summed E-state index contributed by atoms with van der Waals surface area (Å²) in [6, 6.07) is 3.65. The van der Waals surface area contributed by atoms with Gasteiger partial charge >= 0.3 is 6.18 Å². The Morgan fingerprint density at radius 2 is 1.84 bits per heavy atom. The molecule has 0 saturated heterocycles. The number of nitrogens with zero attached hydrogens (tertiary/aromatic N) is 3. The number of carbonyl (C=O) groups is 2. The molecule has 15 heteroatoms. The first kappa shape index (κ1) is 30.8. The molecule has 2 heterocycles. The molecule has 2 aliphatic carbocycles. The van der Waals surface area contributed by atoms with Crippen LogP contribution in [0.2, 0.25) is 0 Å². The molecule has 0 aliphatic heterocycles. The van der Waals surface area contributed by atoms with Gasteiger partial charge in [-0.1, -0.05) is 18.1 Å². The van der Waals surface area contributed by atoms with Crippen LogP contribution in [0.3, 0.4) is 0 Å². The number of rotatable bonds is 13. The highest BCUT2D eigenvalue weighted by Crippen LogP contribution is 2.42. The number of ether oxygens (including phenoxy) is 1. The van der Waals surface area contributed by atoms with Crippen LogP contribution in [0.1, 0.15) is 98.4 Å². The topological polar surface area (TPSA) is 135 Å². The lowest BCUT2D eigenvalue weighted by atomic mass is 10.0. The van der Waals surface area contributed by atoms with Gasteiger partial charge in [0.25, 0.3) is 5.91 Å².